The van der Waals surface area contributed by atoms with Crippen LogP contribution in [0, 0.1) is 0 Å². The quantitative estimate of drug-likeness (QED) is 0.496. The Kier molecular flexibility index (Phi) is 5.21. The van der Waals surface area contributed by atoms with Gasteiger partial charge in [0.25, 0.3) is 5.91 Å². The maximum Gasteiger partial charge on any atom is 0.259 e. The fraction of sp³-hybridized carbons (Fsp3) is 0.0476. The molecular weight excluding hydrogens is 404 g/mol. The maximum atomic E-state index is 13.0. The van der Waals surface area contributed by atoms with E-state index in [0.717, 1.165) is 5.69 Å². The smallest absolute Gasteiger partial charge is 0.259 e. The van der Waals surface area contributed by atoms with E-state index in [2.05, 4.69) is 15.1 Å². The van der Waals surface area contributed by atoms with Crippen molar-refractivity contribution in [2.24, 2.45) is 0 Å². The summed E-state index contributed by atoms with van der Waals surface area (Å²) in [6.07, 6.45) is 3.14. The molecule has 4 rings (SSSR count). The highest BCUT2D eigenvalue weighted by atomic mass is 32.2. The van der Waals surface area contributed by atoms with Crippen LogP contribution in [0.4, 0.5) is 5.69 Å². The molecule has 0 unspecified atom stereocenters. The summed E-state index contributed by atoms with van der Waals surface area (Å²) in [6, 6.07) is 18.7. The van der Waals surface area contributed by atoms with Gasteiger partial charge in [-0.3, -0.25) is 4.79 Å². The molecule has 0 aliphatic carbocycles. The van der Waals surface area contributed by atoms with Crippen molar-refractivity contribution in [1.29, 1.82) is 0 Å². The first-order valence-electron chi connectivity index (χ1n) is 9.02. The van der Waals surface area contributed by atoms with Crippen LogP contribution in [-0.2, 0) is 10.0 Å². The molecule has 2 aromatic carbocycles. The topological polar surface area (TPSA) is 106 Å². The summed E-state index contributed by atoms with van der Waals surface area (Å²) in [7, 11) is -2.21. The third-order valence-corrected chi connectivity index (χ3v) is 5.86. The maximum absolute atomic E-state index is 13.0. The Morgan fingerprint density at radius 2 is 1.73 bits per heavy atom. The van der Waals surface area contributed by atoms with E-state index in [1.54, 1.807) is 23.0 Å². The van der Waals surface area contributed by atoms with E-state index < -0.39 is 15.9 Å². The van der Waals surface area contributed by atoms with E-state index in [-0.39, 0.29) is 4.90 Å². The molecule has 0 aliphatic rings. The molecule has 0 saturated heterocycles. The van der Waals surface area contributed by atoms with Crippen LogP contribution in [0.5, 0.6) is 0 Å². The molecule has 0 radical (unpaired) electrons. The zero-order valence-corrected chi connectivity index (χ0v) is 16.8. The van der Waals surface area contributed by atoms with Crippen LogP contribution < -0.4 is 10.0 Å². The van der Waals surface area contributed by atoms with Gasteiger partial charge in [-0.1, -0.05) is 18.2 Å². The zero-order chi connectivity index (χ0) is 21.1. The summed E-state index contributed by atoms with van der Waals surface area (Å²) in [5, 5.41) is 7.29. The van der Waals surface area contributed by atoms with Crippen molar-refractivity contribution in [2.75, 3.05) is 12.4 Å². The lowest BCUT2D eigenvalue weighted by Crippen LogP contribution is -2.18. The number of anilines is 1. The number of carbonyl (C=O) groups is 1. The minimum atomic E-state index is -3.55. The molecule has 2 heterocycles. The van der Waals surface area contributed by atoms with Crippen LogP contribution in [0.2, 0.25) is 0 Å². The van der Waals surface area contributed by atoms with E-state index in [9.17, 15) is 13.2 Å². The second-order valence-corrected chi connectivity index (χ2v) is 8.22. The summed E-state index contributed by atoms with van der Waals surface area (Å²) in [5.41, 5.74) is 1.97. The lowest BCUT2D eigenvalue weighted by Gasteiger charge is -2.06. The van der Waals surface area contributed by atoms with Gasteiger partial charge in [-0.25, -0.2) is 17.8 Å². The molecule has 8 nitrogen and oxygen atoms in total. The van der Waals surface area contributed by atoms with E-state index in [1.807, 2.05) is 30.3 Å². The Bertz CT molecular complexity index is 1260. The summed E-state index contributed by atoms with van der Waals surface area (Å²) in [4.78, 5) is 13.1. The molecule has 30 heavy (non-hydrogen) atoms. The number of furan rings is 1. The van der Waals surface area contributed by atoms with Crippen molar-refractivity contribution in [3.05, 3.63) is 84.8 Å². The first kappa shape index (κ1) is 19.6. The first-order valence-corrected chi connectivity index (χ1v) is 10.5. The molecule has 4 aromatic rings. The number of nitrogens with zero attached hydrogens (tertiary/aromatic N) is 2. The van der Waals surface area contributed by atoms with Gasteiger partial charge in [0.05, 0.1) is 22.4 Å². The SMILES string of the molecule is CNS(=O)(=O)c1ccc(NC(=O)c2cn(-c3ccccc3)nc2-c2ccco2)cc1. The Balaban J connectivity index is 1.66. The van der Waals surface area contributed by atoms with Crippen LogP contribution in [0.1, 0.15) is 10.4 Å². The van der Waals surface area contributed by atoms with Gasteiger partial charge in [-0.15, -0.1) is 0 Å². The van der Waals surface area contributed by atoms with Gasteiger partial charge in [0, 0.05) is 11.9 Å². The second-order valence-electron chi connectivity index (χ2n) is 6.33. The monoisotopic (exact) mass is 422 g/mol. The summed E-state index contributed by atoms with van der Waals surface area (Å²) < 4.78 is 33.0. The normalized spacial score (nSPS) is 11.4. The van der Waals surface area contributed by atoms with Crippen LogP contribution in [0.15, 0.2) is 88.5 Å². The molecule has 0 saturated carbocycles. The largest absolute Gasteiger partial charge is 0.463 e. The van der Waals surface area contributed by atoms with Crippen LogP contribution in [-0.4, -0.2) is 31.2 Å². The van der Waals surface area contributed by atoms with Crippen molar-refractivity contribution in [3.8, 4) is 17.1 Å². The number of aromatic nitrogens is 2. The standard InChI is InChI=1S/C21H18N4O4S/c1-22-30(27,28)17-11-9-15(10-12-17)23-21(26)18-14-25(16-6-3-2-4-7-16)24-20(18)19-8-5-13-29-19/h2-14,22H,1H3,(H,23,26). The van der Waals surface area contributed by atoms with Gasteiger partial charge in [0.1, 0.15) is 5.69 Å². The predicted molar refractivity (Wildman–Crippen MR) is 112 cm³/mol. The van der Waals surface area contributed by atoms with Gasteiger partial charge in [0.15, 0.2) is 5.76 Å². The van der Waals surface area contributed by atoms with E-state index in [1.165, 1.54) is 37.6 Å². The zero-order valence-electron chi connectivity index (χ0n) is 15.9. The summed E-state index contributed by atoms with van der Waals surface area (Å²) in [6.45, 7) is 0. The third kappa shape index (κ3) is 3.88. The fourth-order valence-corrected chi connectivity index (χ4v) is 3.61. The van der Waals surface area contributed by atoms with Gasteiger partial charge in [-0.2, -0.15) is 5.10 Å². The molecule has 0 fully saturated rings. The molecule has 2 aromatic heterocycles. The van der Waals surface area contributed by atoms with E-state index in [0.29, 0.717) is 22.7 Å². The molecule has 0 atom stereocenters. The van der Waals surface area contributed by atoms with Crippen molar-refractivity contribution in [2.45, 2.75) is 4.90 Å². The molecule has 9 heteroatoms. The number of amides is 1. The third-order valence-electron chi connectivity index (χ3n) is 4.43. The summed E-state index contributed by atoms with van der Waals surface area (Å²) >= 11 is 0. The van der Waals surface area contributed by atoms with Crippen LogP contribution >= 0.6 is 0 Å². The number of carbonyl (C=O) groups excluding carboxylic acids is 1. The number of benzene rings is 2. The number of rotatable bonds is 6. The fourth-order valence-electron chi connectivity index (χ4n) is 2.88. The number of para-hydroxylation sites is 1. The van der Waals surface area contributed by atoms with Crippen molar-refractivity contribution < 1.29 is 17.6 Å². The molecule has 2 N–H and O–H groups in total. The molecule has 0 aliphatic heterocycles. The minimum absolute atomic E-state index is 0.108. The number of sulfonamides is 1. The van der Waals surface area contributed by atoms with Gasteiger partial charge in [-0.05, 0) is 55.6 Å². The van der Waals surface area contributed by atoms with Gasteiger partial charge >= 0.3 is 0 Å². The Labute approximate surface area is 173 Å². The molecule has 1 amide bonds. The van der Waals surface area contributed by atoms with Gasteiger partial charge in [0.2, 0.25) is 10.0 Å². The molecular formula is C21H18N4O4S. The van der Waals surface area contributed by atoms with E-state index in [4.69, 9.17) is 4.42 Å². The average Bonchev–Trinajstić information content (AvgIpc) is 3.45. The Morgan fingerprint density at radius 3 is 2.37 bits per heavy atom. The minimum Gasteiger partial charge on any atom is -0.463 e. The average molecular weight is 422 g/mol. The second kappa shape index (κ2) is 7.97. The van der Waals surface area contributed by atoms with E-state index >= 15 is 0 Å². The van der Waals surface area contributed by atoms with Crippen LogP contribution in [0.25, 0.3) is 17.1 Å². The highest BCUT2D eigenvalue weighted by Crippen LogP contribution is 2.25. The highest BCUT2D eigenvalue weighted by Gasteiger charge is 2.21. The number of hydrogen-bond acceptors (Lipinski definition) is 5. The lowest BCUT2D eigenvalue weighted by atomic mass is 10.2. The van der Waals surface area contributed by atoms with Crippen molar-refractivity contribution in [3.63, 3.8) is 0 Å². The van der Waals surface area contributed by atoms with Crippen molar-refractivity contribution in [1.82, 2.24) is 14.5 Å². The lowest BCUT2D eigenvalue weighted by molar-refractivity contribution is 0.102. The Morgan fingerprint density at radius 1 is 1.00 bits per heavy atom. The first-order chi connectivity index (χ1) is 14.5. The van der Waals surface area contributed by atoms with Crippen LogP contribution in [0.3, 0.4) is 0 Å². The van der Waals surface area contributed by atoms with Gasteiger partial charge < -0.3 is 9.73 Å². The predicted octanol–water partition coefficient (Wildman–Crippen LogP) is 3.29. The molecule has 0 bridgehead atoms. The highest BCUT2D eigenvalue weighted by molar-refractivity contribution is 7.89. The Hall–Kier alpha value is -3.69. The number of hydrogen-bond donors (Lipinski definition) is 2. The molecule has 0 spiro atoms. The molecule has 152 valence electrons. The number of nitrogens with one attached hydrogen (secondary N) is 2. The summed E-state index contributed by atoms with van der Waals surface area (Å²) in [5.74, 6) is 0.0677. The van der Waals surface area contributed by atoms with Crippen molar-refractivity contribution >= 4 is 21.6 Å².